The lowest BCUT2D eigenvalue weighted by Gasteiger charge is -2.19. The molecule has 0 aliphatic heterocycles. The molecule has 0 heterocycles. The summed E-state index contributed by atoms with van der Waals surface area (Å²) in [5.74, 6) is -0.112. The minimum absolute atomic E-state index is 0.112. The highest BCUT2D eigenvalue weighted by atomic mass is 79.9. The van der Waals surface area contributed by atoms with Crippen LogP contribution in [0.15, 0.2) is 40.9 Å². The highest BCUT2D eigenvalue weighted by molar-refractivity contribution is 9.10. The maximum absolute atomic E-state index is 12.4. The van der Waals surface area contributed by atoms with Crippen LogP contribution in [0, 0.1) is 0 Å². The molecule has 0 bridgehead atoms. The van der Waals surface area contributed by atoms with Gasteiger partial charge in [0.05, 0.1) is 12.6 Å². The third-order valence-electron chi connectivity index (χ3n) is 5.87. The number of carbonyl (C=O) groups is 1. The summed E-state index contributed by atoms with van der Waals surface area (Å²) in [6.07, 6.45) is 21.2. The molecule has 0 saturated heterocycles. The number of hydrogen-bond donors (Lipinski definition) is 3. The van der Waals surface area contributed by atoms with Gasteiger partial charge in [-0.3, -0.25) is 9.32 Å². The lowest BCUT2D eigenvalue weighted by Crippen LogP contribution is -2.39. The highest BCUT2D eigenvalue weighted by Crippen LogP contribution is 2.35. The highest BCUT2D eigenvalue weighted by Gasteiger charge is 2.20. The first-order chi connectivity index (χ1) is 16.8. The fourth-order valence-corrected chi connectivity index (χ4v) is 4.54. The van der Waals surface area contributed by atoms with Crippen LogP contribution in [0.5, 0.6) is 0 Å². The third-order valence-corrected chi connectivity index (χ3v) is 6.88. The number of halogens is 1. The molecule has 1 atom stereocenters. The second-order valence-corrected chi connectivity index (χ2v) is 11.4. The molecule has 0 aliphatic rings. The molecule has 200 valence electrons. The van der Waals surface area contributed by atoms with E-state index in [1.54, 1.807) is 0 Å². The Labute approximate surface area is 220 Å². The van der Waals surface area contributed by atoms with Crippen molar-refractivity contribution in [1.82, 2.24) is 5.32 Å². The van der Waals surface area contributed by atoms with Crippen LogP contribution < -0.4 is 5.32 Å². The van der Waals surface area contributed by atoms with E-state index in [0.29, 0.717) is 12.8 Å². The van der Waals surface area contributed by atoms with E-state index in [4.69, 9.17) is 9.79 Å². The van der Waals surface area contributed by atoms with Gasteiger partial charge in [-0.05, 0) is 56.2 Å². The van der Waals surface area contributed by atoms with Crippen molar-refractivity contribution >= 4 is 29.7 Å². The predicted octanol–water partition coefficient (Wildman–Crippen LogP) is 7.62. The molecule has 0 fully saturated rings. The topological polar surface area (TPSA) is 95.9 Å². The molecule has 8 heteroatoms. The average molecular weight is 575 g/mol. The van der Waals surface area contributed by atoms with Gasteiger partial charge < -0.3 is 15.1 Å². The number of nitrogens with one attached hydrogen (secondary N) is 1. The first kappa shape index (κ1) is 32.0. The average Bonchev–Trinajstić information content (AvgIpc) is 2.81. The Balaban J connectivity index is 2.15. The summed E-state index contributed by atoms with van der Waals surface area (Å²) in [4.78, 5) is 30.4. The number of phosphoric acid groups is 1. The van der Waals surface area contributed by atoms with Gasteiger partial charge in [0, 0.05) is 10.9 Å². The van der Waals surface area contributed by atoms with Gasteiger partial charge in [0.2, 0.25) is 5.91 Å². The molecular weight excluding hydrogens is 529 g/mol. The van der Waals surface area contributed by atoms with Gasteiger partial charge in [-0.2, -0.15) is 0 Å². The lowest BCUT2D eigenvalue weighted by molar-refractivity contribution is -0.122. The number of allylic oxidation sites excluding steroid dienone is 2. The number of benzene rings is 1. The van der Waals surface area contributed by atoms with Gasteiger partial charge in [-0.1, -0.05) is 98.5 Å². The summed E-state index contributed by atoms with van der Waals surface area (Å²) in [5, 5.41) is 2.87. The zero-order valence-electron chi connectivity index (χ0n) is 21.3. The summed E-state index contributed by atoms with van der Waals surface area (Å²) in [6.45, 7) is 2.01. The van der Waals surface area contributed by atoms with Crippen molar-refractivity contribution in [2.45, 2.75) is 109 Å². The van der Waals surface area contributed by atoms with Crippen LogP contribution in [0.3, 0.4) is 0 Å². The summed E-state index contributed by atoms with van der Waals surface area (Å²) in [7, 11) is -4.59. The number of carbonyl (C=O) groups excluding carboxylic acids is 1. The van der Waals surface area contributed by atoms with Crippen molar-refractivity contribution in [2.75, 3.05) is 6.61 Å². The molecule has 0 aromatic heterocycles. The van der Waals surface area contributed by atoms with Gasteiger partial charge in [0.15, 0.2) is 0 Å². The molecule has 6 nitrogen and oxygen atoms in total. The number of hydrogen-bond acceptors (Lipinski definition) is 3. The van der Waals surface area contributed by atoms with E-state index in [2.05, 4.69) is 44.8 Å². The molecule has 1 amide bonds. The van der Waals surface area contributed by atoms with Gasteiger partial charge in [0.1, 0.15) is 0 Å². The molecule has 3 N–H and O–H groups in total. The van der Waals surface area contributed by atoms with Gasteiger partial charge in [-0.25, -0.2) is 4.57 Å². The molecule has 0 saturated carbocycles. The van der Waals surface area contributed by atoms with Crippen LogP contribution in [0.25, 0.3) is 0 Å². The van der Waals surface area contributed by atoms with Gasteiger partial charge in [0.25, 0.3) is 0 Å². The van der Waals surface area contributed by atoms with Crippen molar-refractivity contribution in [3.63, 3.8) is 0 Å². The molecule has 35 heavy (non-hydrogen) atoms. The van der Waals surface area contributed by atoms with E-state index in [1.165, 1.54) is 57.8 Å². The molecule has 1 aromatic carbocycles. The van der Waals surface area contributed by atoms with Crippen molar-refractivity contribution in [3.05, 3.63) is 46.5 Å². The first-order valence-corrected chi connectivity index (χ1v) is 15.5. The molecule has 0 aliphatic carbocycles. The maximum atomic E-state index is 12.4. The minimum atomic E-state index is -4.59. The quantitative estimate of drug-likeness (QED) is 0.0798. The Bertz CT molecular complexity index is 750. The zero-order chi connectivity index (χ0) is 25.8. The molecule has 1 aromatic rings. The third kappa shape index (κ3) is 19.8. The van der Waals surface area contributed by atoms with Crippen LogP contribution in [-0.4, -0.2) is 28.3 Å². The Kier molecular flexibility index (Phi) is 18.4. The summed E-state index contributed by atoms with van der Waals surface area (Å²) >= 11 is 3.38. The summed E-state index contributed by atoms with van der Waals surface area (Å²) < 4.78 is 16.7. The van der Waals surface area contributed by atoms with Crippen molar-refractivity contribution in [2.24, 2.45) is 0 Å². The van der Waals surface area contributed by atoms with Crippen LogP contribution in [0.4, 0.5) is 0 Å². The Morgan fingerprint density at radius 1 is 0.943 bits per heavy atom. The number of amides is 1. The molecule has 0 unspecified atom stereocenters. The second kappa shape index (κ2) is 20.1. The molecule has 1 rings (SSSR count). The second-order valence-electron chi connectivity index (χ2n) is 9.22. The zero-order valence-corrected chi connectivity index (χ0v) is 23.8. The molecule has 0 radical (unpaired) electrons. The molecular formula is C27H45BrNO5P. The van der Waals surface area contributed by atoms with Crippen LogP contribution in [0.1, 0.15) is 102 Å². The minimum Gasteiger partial charge on any atom is -0.351 e. The Morgan fingerprint density at radius 2 is 1.49 bits per heavy atom. The van der Waals surface area contributed by atoms with E-state index in [0.717, 1.165) is 35.7 Å². The van der Waals surface area contributed by atoms with Crippen molar-refractivity contribution < 1.29 is 23.7 Å². The van der Waals surface area contributed by atoms with Crippen LogP contribution >= 0.6 is 23.8 Å². The normalized spacial score (nSPS) is 12.8. The number of phosphoric ester groups is 1. The van der Waals surface area contributed by atoms with Crippen LogP contribution in [-0.2, 0) is 20.3 Å². The van der Waals surface area contributed by atoms with Crippen molar-refractivity contribution in [1.29, 1.82) is 0 Å². The fourth-order valence-electron chi connectivity index (χ4n) is 3.90. The maximum Gasteiger partial charge on any atom is 0.469 e. The van der Waals surface area contributed by atoms with E-state index >= 15 is 0 Å². The van der Waals surface area contributed by atoms with E-state index in [-0.39, 0.29) is 12.5 Å². The van der Waals surface area contributed by atoms with Gasteiger partial charge in [-0.15, -0.1) is 0 Å². The molecule has 0 spiro atoms. The number of unbranched alkanes of at least 4 members (excludes halogenated alkanes) is 11. The summed E-state index contributed by atoms with van der Waals surface area (Å²) in [6, 6.07) is 7.10. The number of rotatable bonds is 21. The van der Waals surface area contributed by atoms with E-state index in [9.17, 15) is 9.36 Å². The SMILES string of the molecule is CCCCCCCCC=CCCCCCCCC(=O)N[C@@H](COP(=O)(O)O)Cc1ccc(Br)cc1. The van der Waals surface area contributed by atoms with E-state index < -0.39 is 13.9 Å². The lowest BCUT2D eigenvalue weighted by atomic mass is 10.1. The monoisotopic (exact) mass is 573 g/mol. The Hall–Kier alpha value is -0.980. The Morgan fingerprint density at radius 3 is 2.06 bits per heavy atom. The fraction of sp³-hybridized carbons (Fsp3) is 0.667. The smallest absolute Gasteiger partial charge is 0.351 e. The standard InChI is InChI=1S/C27H45BrNO5P/c1-2-3-4-5-6-7-8-9-10-11-12-13-14-15-16-17-27(30)29-26(23-34-35(31,32)33)22-24-18-20-25(28)21-19-24/h9-10,18-21,26H,2-8,11-17,22-23H2,1H3,(H,29,30)(H2,31,32,33)/t26-/m1/s1. The van der Waals surface area contributed by atoms with E-state index in [1.807, 2.05) is 24.3 Å². The van der Waals surface area contributed by atoms with Crippen LogP contribution in [0.2, 0.25) is 0 Å². The van der Waals surface area contributed by atoms with Crippen molar-refractivity contribution in [3.8, 4) is 0 Å². The predicted molar refractivity (Wildman–Crippen MR) is 147 cm³/mol. The summed E-state index contributed by atoms with van der Waals surface area (Å²) in [5.41, 5.74) is 0.953. The largest absolute Gasteiger partial charge is 0.469 e. The van der Waals surface area contributed by atoms with Gasteiger partial charge >= 0.3 is 7.82 Å². The first-order valence-electron chi connectivity index (χ1n) is 13.2.